The first kappa shape index (κ1) is 19.1. The summed E-state index contributed by atoms with van der Waals surface area (Å²) in [4.78, 5) is 13.2. The normalized spacial score (nSPS) is 11.3. The standard InChI is InChI=1S/C18H17N3O4S2/c1-12-6-8-15(9-7-12)27(23,24)11-16(22)19-18-21-20-17(25-18)13-4-3-5-14(10-13)26-2/h3-10H,11H2,1-2H3,(H,19,21,22). The van der Waals surface area contributed by atoms with E-state index in [0.717, 1.165) is 10.5 Å². The van der Waals surface area contributed by atoms with E-state index in [1.54, 1.807) is 30.0 Å². The summed E-state index contributed by atoms with van der Waals surface area (Å²) < 4.78 is 30.0. The minimum absolute atomic E-state index is 0.0864. The predicted molar refractivity (Wildman–Crippen MR) is 103 cm³/mol. The maximum atomic E-state index is 12.3. The molecule has 0 aliphatic rings. The fraction of sp³-hybridized carbons (Fsp3) is 0.167. The largest absolute Gasteiger partial charge is 0.403 e. The van der Waals surface area contributed by atoms with E-state index in [0.29, 0.717) is 5.56 Å². The summed E-state index contributed by atoms with van der Waals surface area (Å²) in [6.07, 6.45) is 1.95. The smallest absolute Gasteiger partial charge is 0.322 e. The second-order valence-corrected chi connectivity index (χ2v) is 8.63. The summed E-state index contributed by atoms with van der Waals surface area (Å²) in [5, 5.41) is 9.98. The number of thioether (sulfide) groups is 1. The molecule has 7 nitrogen and oxygen atoms in total. The lowest BCUT2D eigenvalue weighted by atomic mass is 10.2. The van der Waals surface area contributed by atoms with Crippen molar-refractivity contribution in [2.24, 2.45) is 0 Å². The summed E-state index contributed by atoms with van der Waals surface area (Å²) in [7, 11) is -3.76. The van der Waals surface area contributed by atoms with Crippen molar-refractivity contribution in [2.45, 2.75) is 16.7 Å². The number of carbonyl (C=O) groups is 1. The number of nitrogens with one attached hydrogen (secondary N) is 1. The average Bonchev–Trinajstić information content (AvgIpc) is 3.10. The number of anilines is 1. The fourth-order valence-corrected chi connectivity index (χ4v) is 3.90. The first-order chi connectivity index (χ1) is 12.9. The molecular formula is C18H17N3O4S2. The van der Waals surface area contributed by atoms with Crippen LogP contribution in [0.2, 0.25) is 0 Å². The van der Waals surface area contributed by atoms with Crippen molar-refractivity contribution in [3.05, 3.63) is 54.1 Å². The topological polar surface area (TPSA) is 102 Å². The Morgan fingerprint density at radius 1 is 1.15 bits per heavy atom. The van der Waals surface area contributed by atoms with E-state index in [1.165, 1.54) is 12.1 Å². The van der Waals surface area contributed by atoms with E-state index in [2.05, 4.69) is 15.5 Å². The number of nitrogens with zero attached hydrogens (tertiary/aromatic N) is 2. The zero-order valence-corrected chi connectivity index (χ0v) is 16.3. The Balaban J connectivity index is 1.69. The molecule has 1 amide bonds. The molecule has 0 aliphatic carbocycles. The van der Waals surface area contributed by atoms with Gasteiger partial charge in [0.15, 0.2) is 9.84 Å². The Morgan fingerprint density at radius 3 is 2.59 bits per heavy atom. The molecule has 27 heavy (non-hydrogen) atoms. The fourth-order valence-electron chi connectivity index (χ4n) is 2.30. The Bertz CT molecular complexity index is 1060. The van der Waals surface area contributed by atoms with Gasteiger partial charge in [-0.2, -0.15) is 0 Å². The number of aryl methyl sites for hydroxylation is 1. The molecule has 1 aromatic heterocycles. The van der Waals surface area contributed by atoms with Crippen LogP contribution in [0.15, 0.2) is 62.7 Å². The van der Waals surface area contributed by atoms with E-state index in [-0.39, 0.29) is 16.8 Å². The molecule has 0 spiro atoms. The number of benzene rings is 2. The van der Waals surface area contributed by atoms with Crippen LogP contribution in [0.3, 0.4) is 0 Å². The maximum Gasteiger partial charge on any atom is 0.322 e. The molecule has 1 heterocycles. The van der Waals surface area contributed by atoms with Gasteiger partial charge < -0.3 is 4.42 Å². The quantitative estimate of drug-likeness (QED) is 0.631. The van der Waals surface area contributed by atoms with Crippen molar-refractivity contribution in [1.82, 2.24) is 10.2 Å². The van der Waals surface area contributed by atoms with Gasteiger partial charge in [0.05, 0.1) is 4.90 Å². The lowest BCUT2D eigenvalue weighted by Crippen LogP contribution is -2.23. The van der Waals surface area contributed by atoms with Gasteiger partial charge >= 0.3 is 6.01 Å². The zero-order valence-electron chi connectivity index (χ0n) is 14.7. The van der Waals surface area contributed by atoms with Crippen molar-refractivity contribution >= 4 is 33.5 Å². The molecule has 3 aromatic rings. The summed E-state index contributed by atoms with van der Waals surface area (Å²) >= 11 is 1.57. The molecule has 3 rings (SSSR count). The molecule has 0 saturated heterocycles. The Morgan fingerprint density at radius 2 is 1.89 bits per heavy atom. The first-order valence-corrected chi connectivity index (χ1v) is 10.8. The Kier molecular flexibility index (Phi) is 5.62. The average molecular weight is 403 g/mol. The van der Waals surface area contributed by atoms with Crippen LogP contribution in [0.1, 0.15) is 5.56 Å². The van der Waals surface area contributed by atoms with Gasteiger partial charge in [-0.3, -0.25) is 10.1 Å². The highest BCUT2D eigenvalue weighted by molar-refractivity contribution is 7.98. The van der Waals surface area contributed by atoms with Crippen LogP contribution < -0.4 is 5.32 Å². The van der Waals surface area contributed by atoms with Gasteiger partial charge in [0.1, 0.15) is 5.75 Å². The lowest BCUT2D eigenvalue weighted by Gasteiger charge is -2.04. The molecule has 0 aliphatic heterocycles. The third kappa shape index (κ3) is 4.75. The molecule has 0 atom stereocenters. The van der Waals surface area contributed by atoms with Gasteiger partial charge in [0.25, 0.3) is 0 Å². The second-order valence-electron chi connectivity index (χ2n) is 5.76. The van der Waals surface area contributed by atoms with Crippen LogP contribution in [0, 0.1) is 6.92 Å². The van der Waals surface area contributed by atoms with Gasteiger partial charge in [-0.1, -0.05) is 28.9 Å². The van der Waals surface area contributed by atoms with Crippen LogP contribution >= 0.6 is 11.8 Å². The monoisotopic (exact) mass is 403 g/mol. The number of hydrogen-bond acceptors (Lipinski definition) is 7. The third-order valence-electron chi connectivity index (χ3n) is 3.69. The van der Waals surface area contributed by atoms with Gasteiger partial charge in [-0.05, 0) is 43.5 Å². The lowest BCUT2D eigenvalue weighted by molar-refractivity contribution is -0.114. The molecular weight excluding hydrogens is 386 g/mol. The van der Waals surface area contributed by atoms with Crippen molar-refractivity contribution < 1.29 is 17.6 Å². The number of rotatable bonds is 6. The second kappa shape index (κ2) is 7.93. The van der Waals surface area contributed by atoms with Crippen LogP contribution in [-0.4, -0.2) is 36.5 Å². The SMILES string of the molecule is CSc1cccc(-c2nnc(NC(=O)CS(=O)(=O)c3ccc(C)cc3)o2)c1. The minimum atomic E-state index is -3.76. The molecule has 0 bridgehead atoms. The van der Waals surface area contributed by atoms with Gasteiger partial charge in [0.2, 0.25) is 11.8 Å². The number of hydrogen-bond donors (Lipinski definition) is 1. The number of aromatic nitrogens is 2. The van der Waals surface area contributed by atoms with Crippen molar-refractivity contribution in [3.63, 3.8) is 0 Å². The van der Waals surface area contributed by atoms with E-state index in [4.69, 9.17) is 4.42 Å². The zero-order chi connectivity index (χ0) is 19.4. The van der Waals surface area contributed by atoms with E-state index in [9.17, 15) is 13.2 Å². The number of carbonyl (C=O) groups excluding carboxylic acids is 1. The molecule has 2 aromatic carbocycles. The molecule has 140 valence electrons. The minimum Gasteiger partial charge on any atom is -0.403 e. The summed E-state index contributed by atoms with van der Waals surface area (Å²) in [6, 6.07) is 13.6. The molecule has 0 fully saturated rings. The highest BCUT2D eigenvalue weighted by Crippen LogP contribution is 2.24. The van der Waals surface area contributed by atoms with Crippen LogP contribution in [0.5, 0.6) is 0 Å². The van der Waals surface area contributed by atoms with E-state index in [1.807, 2.05) is 31.4 Å². The maximum absolute atomic E-state index is 12.3. The van der Waals surface area contributed by atoms with Crippen LogP contribution in [0.25, 0.3) is 11.5 Å². The third-order valence-corrected chi connectivity index (χ3v) is 6.05. The van der Waals surface area contributed by atoms with Crippen molar-refractivity contribution in [3.8, 4) is 11.5 Å². The Labute approximate surface area is 161 Å². The molecule has 1 N–H and O–H groups in total. The Hall–Kier alpha value is -2.65. The van der Waals surface area contributed by atoms with Gasteiger partial charge in [-0.15, -0.1) is 16.9 Å². The highest BCUT2D eigenvalue weighted by atomic mass is 32.2. The van der Waals surface area contributed by atoms with E-state index >= 15 is 0 Å². The van der Waals surface area contributed by atoms with E-state index < -0.39 is 21.5 Å². The summed E-state index contributed by atoms with van der Waals surface area (Å²) in [6.45, 7) is 1.85. The number of sulfone groups is 1. The summed E-state index contributed by atoms with van der Waals surface area (Å²) in [5.41, 5.74) is 1.64. The van der Waals surface area contributed by atoms with Crippen molar-refractivity contribution in [2.75, 3.05) is 17.3 Å². The summed E-state index contributed by atoms with van der Waals surface area (Å²) in [5.74, 6) is -1.22. The number of amides is 1. The van der Waals surface area contributed by atoms with Gasteiger partial charge in [0, 0.05) is 10.5 Å². The van der Waals surface area contributed by atoms with Gasteiger partial charge in [-0.25, -0.2) is 8.42 Å². The molecule has 9 heteroatoms. The van der Waals surface area contributed by atoms with Crippen molar-refractivity contribution in [1.29, 1.82) is 0 Å². The van der Waals surface area contributed by atoms with Crippen LogP contribution in [-0.2, 0) is 14.6 Å². The predicted octanol–water partition coefficient (Wildman–Crippen LogP) is 3.18. The van der Waals surface area contributed by atoms with Crippen LogP contribution in [0.4, 0.5) is 6.01 Å². The molecule has 0 radical (unpaired) electrons. The first-order valence-electron chi connectivity index (χ1n) is 7.94. The molecule has 0 unspecified atom stereocenters. The molecule has 0 saturated carbocycles. The highest BCUT2D eigenvalue weighted by Gasteiger charge is 2.21.